The number of likely N-dealkylation sites (tertiary alicyclic amines) is 1. The summed E-state index contributed by atoms with van der Waals surface area (Å²) >= 11 is 0. The number of anilines is 1. The highest BCUT2D eigenvalue weighted by molar-refractivity contribution is 5.44. The fourth-order valence-corrected chi connectivity index (χ4v) is 3.61. The summed E-state index contributed by atoms with van der Waals surface area (Å²) in [5, 5.41) is 0. The second-order valence-corrected chi connectivity index (χ2v) is 6.12. The highest BCUT2D eigenvalue weighted by Gasteiger charge is 2.43. The van der Waals surface area contributed by atoms with Crippen LogP contribution >= 0.6 is 0 Å². The van der Waals surface area contributed by atoms with E-state index in [1.165, 1.54) is 13.1 Å². The molecule has 4 nitrogen and oxygen atoms in total. The Morgan fingerprint density at radius 2 is 1.90 bits per heavy atom. The number of rotatable bonds is 2. The molecule has 0 bridgehead atoms. The molecule has 4 heterocycles. The third-order valence-corrected chi connectivity index (χ3v) is 4.89. The summed E-state index contributed by atoms with van der Waals surface area (Å²) in [5.41, 5.74) is 0.851. The van der Waals surface area contributed by atoms with Gasteiger partial charge >= 0.3 is 0 Å². The van der Waals surface area contributed by atoms with Gasteiger partial charge in [-0.1, -0.05) is 5.92 Å². The molecule has 1 aromatic heterocycles. The Labute approximate surface area is 119 Å². The first kappa shape index (κ1) is 12.2. The first-order valence-corrected chi connectivity index (χ1v) is 7.33. The number of hydrogen-bond donors (Lipinski definition) is 0. The normalized spacial score (nSPS) is 30.1. The highest BCUT2D eigenvalue weighted by atomic mass is 16.5. The maximum Gasteiger partial charge on any atom is 0.128 e. The molecule has 0 radical (unpaired) electrons. The number of fused-ring (bicyclic) bond motifs is 1. The molecule has 3 aliphatic heterocycles. The first-order chi connectivity index (χ1) is 9.83. The molecule has 104 valence electrons. The van der Waals surface area contributed by atoms with Gasteiger partial charge in [0.1, 0.15) is 5.82 Å². The molecule has 4 heteroatoms. The molecule has 20 heavy (non-hydrogen) atoms. The zero-order chi connectivity index (χ0) is 13.5. The Morgan fingerprint density at radius 1 is 1.15 bits per heavy atom. The smallest absolute Gasteiger partial charge is 0.128 e. The molecule has 3 aliphatic rings. The Kier molecular flexibility index (Phi) is 2.90. The predicted molar refractivity (Wildman–Crippen MR) is 77.5 cm³/mol. The van der Waals surface area contributed by atoms with Crippen LogP contribution in [0.25, 0.3) is 0 Å². The summed E-state index contributed by atoms with van der Waals surface area (Å²) in [6.07, 6.45) is 7.16. The van der Waals surface area contributed by atoms with Crippen molar-refractivity contribution >= 4 is 5.82 Å². The predicted octanol–water partition coefficient (Wildman–Crippen LogP) is 0.830. The van der Waals surface area contributed by atoms with Crippen LogP contribution in [0.2, 0.25) is 0 Å². The lowest BCUT2D eigenvalue weighted by Gasteiger charge is -2.35. The molecule has 0 aliphatic carbocycles. The average molecular weight is 269 g/mol. The Morgan fingerprint density at radius 3 is 2.40 bits per heavy atom. The van der Waals surface area contributed by atoms with E-state index in [1.807, 2.05) is 12.1 Å². The van der Waals surface area contributed by atoms with E-state index in [4.69, 9.17) is 11.2 Å². The minimum Gasteiger partial charge on any atom is -0.378 e. The second-order valence-electron chi connectivity index (χ2n) is 6.12. The maximum absolute atomic E-state index is 5.37. The van der Waals surface area contributed by atoms with Gasteiger partial charge in [0.25, 0.3) is 0 Å². The lowest BCUT2D eigenvalue weighted by atomic mass is 10.0. The van der Waals surface area contributed by atoms with Gasteiger partial charge in [-0.3, -0.25) is 4.90 Å². The van der Waals surface area contributed by atoms with Crippen LogP contribution in [0.5, 0.6) is 0 Å². The van der Waals surface area contributed by atoms with E-state index in [-0.39, 0.29) is 0 Å². The van der Waals surface area contributed by atoms with Crippen LogP contribution in [0, 0.1) is 24.2 Å². The monoisotopic (exact) mass is 269 g/mol. The summed E-state index contributed by atoms with van der Waals surface area (Å²) in [6.45, 7) is 6.54. The molecule has 3 fully saturated rings. The summed E-state index contributed by atoms with van der Waals surface area (Å²) in [6, 6.07) is 4.71. The minimum absolute atomic E-state index is 0.682. The number of hydrogen-bond acceptors (Lipinski definition) is 4. The van der Waals surface area contributed by atoms with E-state index in [0.29, 0.717) is 6.04 Å². The van der Waals surface area contributed by atoms with Crippen molar-refractivity contribution in [3.63, 3.8) is 0 Å². The number of nitrogens with zero attached hydrogens (tertiary/aromatic N) is 3. The number of pyridine rings is 1. The highest BCUT2D eigenvalue weighted by Crippen LogP contribution is 2.34. The molecular formula is C16H19N3O. The van der Waals surface area contributed by atoms with Gasteiger partial charge in [0, 0.05) is 37.9 Å². The van der Waals surface area contributed by atoms with Crippen molar-refractivity contribution in [2.45, 2.75) is 6.04 Å². The maximum atomic E-state index is 5.37. The van der Waals surface area contributed by atoms with Crippen LogP contribution in [0.1, 0.15) is 5.56 Å². The molecule has 0 N–H and O–H groups in total. The molecule has 0 aromatic carbocycles. The molecule has 1 aromatic rings. The van der Waals surface area contributed by atoms with Crippen molar-refractivity contribution in [3.8, 4) is 12.3 Å². The van der Waals surface area contributed by atoms with Crippen molar-refractivity contribution < 1.29 is 4.74 Å². The molecule has 0 spiro atoms. The fraction of sp³-hybridized carbons (Fsp3) is 0.562. The van der Waals surface area contributed by atoms with Crippen molar-refractivity contribution in [1.29, 1.82) is 0 Å². The van der Waals surface area contributed by atoms with Gasteiger partial charge < -0.3 is 9.64 Å². The summed E-state index contributed by atoms with van der Waals surface area (Å²) < 4.78 is 5.30. The first-order valence-electron chi connectivity index (χ1n) is 7.33. The second kappa shape index (κ2) is 4.76. The van der Waals surface area contributed by atoms with E-state index in [1.54, 1.807) is 6.20 Å². The zero-order valence-electron chi connectivity index (χ0n) is 11.5. The van der Waals surface area contributed by atoms with E-state index in [0.717, 1.165) is 49.5 Å². The lowest BCUT2D eigenvalue weighted by Crippen LogP contribution is -2.48. The number of terminal acetylenes is 1. The Hall–Kier alpha value is -1.57. The standard InChI is InChI=1S/C16H19N3O/c1-2-12-3-4-16(17-5-12)19-8-13-6-18(7-14(13)9-19)15-10-20-11-15/h1,3-5,13-15H,6-11H2/t13-,14+. The zero-order valence-corrected chi connectivity index (χ0v) is 11.5. The molecule has 0 unspecified atom stereocenters. The lowest BCUT2D eigenvalue weighted by molar-refractivity contribution is -0.0590. The van der Waals surface area contributed by atoms with Crippen LogP contribution in [0.15, 0.2) is 18.3 Å². The van der Waals surface area contributed by atoms with E-state index in [9.17, 15) is 0 Å². The van der Waals surface area contributed by atoms with Gasteiger partial charge in [0.05, 0.1) is 19.3 Å². The number of ether oxygens (including phenoxy) is 1. The molecule has 0 amide bonds. The van der Waals surface area contributed by atoms with Gasteiger partial charge in [-0.25, -0.2) is 4.98 Å². The Bertz CT molecular complexity index is 518. The summed E-state index contributed by atoms with van der Waals surface area (Å²) in [4.78, 5) is 9.51. The third-order valence-electron chi connectivity index (χ3n) is 4.89. The van der Waals surface area contributed by atoms with Crippen molar-refractivity contribution in [2.24, 2.45) is 11.8 Å². The van der Waals surface area contributed by atoms with Gasteiger partial charge in [0.15, 0.2) is 0 Å². The van der Waals surface area contributed by atoms with Crippen molar-refractivity contribution in [1.82, 2.24) is 9.88 Å². The molecule has 2 atom stereocenters. The quantitative estimate of drug-likeness (QED) is 0.744. The van der Waals surface area contributed by atoms with Crippen molar-refractivity contribution in [3.05, 3.63) is 23.9 Å². The van der Waals surface area contributed by atoms with Gasteiger partial charge in [-0.2, -0.15) is 0 Å². The molecular weight excluding hydrogens is 250 g/mol. The Balaban J connectivity index is 1.41. The van der Waals surface area contributed by atoms with E-state index < -0.39 is 0 Å². The summed E-state index contributed by atoms with van der Waals surface area (Å²) in [7, 11) is 0. The molecule has 3 saturated heterocycles. The minimum atomic E-state index is 0.682. The average Bonchev–Trinajstić information content (AvgIpc) is 2.95. The van der Waals surface area contributed by atoms with E-state index in [2.05, 4.69) is 20.7 Å². The van der Waals surface area contributed by atoms with Gasteiger partial charge in [0.2, 0.25) is 0 Å². The van der Waals surface area contributed by atoms with Crippen molar-refractivity contribution in [2.75, 3.05) is 44.3 Å². The molecule has 0 saturated carbocycles. The van der Waals surface area contributed by atoms with Crippen LogP contribution < -0.4 is 4.90 Å². The fourth-order valence-electron chi connectivity index (χ4n) is 3.61. The van der Waals surface area contributed by atoms with Gasteiger partial charge in [-0.05, 0) is 24.0 Å². The molecule has 4 rings (SSSR count). The van der Waals surface area contributed by atoms with Crippen LogP contribution in [-0.2, 0) is 4.74 Å². The largest absolute Gasteiger partial charge is 0.378 e. The third kappa shape index (κ3) is 1.98. The summed E-state index contributed by atoms with van der Waals surface area (Å²) in [5.74, 6) is 5.25. The SMILES string of the molecule is C#Cc1ccc(N2C[C@@H]3CN(C4COC4)C[C@@H]3C2)nc1. The van der Waals surface area contributed by atoms with Crippen LogP contribution in [0.3, 0.4) is 0 Å². The van der Waals surface area contributed by atoms with Crippen LogP contribution in [-0.4, -0.2) is 55.3 Å². The van der Waals surface area contributed by atoms with Gasteiger partial charge in [-0.15, -0.1) is 6.42 Å². The number of aromatic nitrogens is 1. The van der Waals surface area contributed by atoms with E-state index >= 15 is 0 Å². The topological polar surface area (TPSA) is 28.6 Å². The van der Waals surface area contributed by atoms with Crippen LogP contribution in [0.4, 0.5) is 5.82 Å².